The maximum atomic E-state index is 11.9. The van der Waals surface area contributed by atoms with E-state index in [0.29, 0.717) is 18.4 Å². The molecule has 0 radical (unpaired) electrons. The molecule has 0 aromatic carbocycles. The number of esters is 1. The van der Waals surface area contributed by atoms with Gasteiger partial charge in [0.15, 0.2) is 0 Å². The molecule has 4 aliphatic rings. The van der Waals surface area contributed by atoms with Gasteiger partial charge in [0.2, 0.25) is 0 Å². The van der Waals surface area contributed by atoms with Gasteiger partial charge < -0.3 is 25.2 Å². The van der Waals surface area contributed by atoms with Crippen LogP contribution in [-0.4, -0.2) is 57.4 Å². The summed E-state index contributed by atoms with van der Waals surface area (Å²) in [5.41, 5.74) is -1.13. The summed E-state index contributed by atoms with van der Waals surface area (Å²) in [4.78, 5) is 11.9. The Balaban J connectivity index is 1.88. The van der Waals surface area contributed by atoms with Crippen molar-refractivity contribution in [2.75, 3.05) is 6.61 Å². The lowest BCUT2D eigenvalue weighted by molar-refractivity contribution is -0.269. The molecule has 2 bridgehead atoms. The maximum absolute atomic E-state index is 11.9. The van der Waals surface area contributed by atoms with E-state index in [1.54, 1.807) is 0 Å². The largest absolute Gasteiger partial charge is 0.457 e. The SMILES string of the molecule is C=C1C2[C@@H](O)[C@]3([C@H](O)C[C@@H]4[C@@](C)(CO)CCC[C@@]4(C)[C@@H]3C[C@@H]2O)[C@@H]1OC(C)=O. The highest BCUT2D eigenvalue weighted by Gasteiger charge is 2.76. The lowest BCUT2D eigenvalue weighted by atomic mass is 9.39. The molecule has 1 unspecified atom stereocenters. The van der Waals surface area contributed by atoms with Gasteiger partial charge in [-0.25, -0.2) is 0 Å². The number of hydrogen-bond acceptors (Lipinski definition) is 6. The number of carbonyl (C=O) groups excluding carboxylic acids is 1. The Morgan fingerprint density at radius 2 is 1.86 bits per heavy atom. The zero-order chi connectivity index (χ0) is 20.6. The second-order valence-corrected chi connectivity index (χ2v) is 10.4. The van der Waals surface area contributed by atoms with E-state index in [0.717, 1.165) is 19.3 Å². The highest BCUT2D eigenvalue weighted by molar-refractivity contribution is 5.67. The van der Waals surface area contributed by atoms with Gasteiger partial charge in [0.1, 0.15) is 6.10 Å². The lowest BCUT2D eigenvalue weighted by Crippen LogP contribution is -2.69. The van der Waals surface area contributed by atoms with Crippen molar-refractivity contribution < 1.29 is 30.0 Å². The van der Waals surface area contributed by atoms with Crippen molar-refractivity contribution >= 4 is 5.97 Å². The van der Waals surface area contributed by atoms with Crippen molar-refractivity contribution in [1.29, 1.82) is 0 Å². The van der Waals surface area contributed by atoms with E-state index < -0.39 is 41.7 Å². The Morgan fingerprint density at radius 1 is 1.18 bits per heavy atom. The van der Waals surface area contributed by atoms with Crippen LogP contribution in [0.2, 0.25) is 0 Å². The first-order valence-electron chi connectivity index (χ1n) is 10.5. The fourth-order valence-electron chi connectivity index (χ4n) is 8.00. The molecule has 4 saturated carbocycles. The molecule has 0 aromatic rings. The third-order valence-corrected chi connectivity index (χ3v) is 9.14. The molecule has 0 amide bonds. The molecule has 0 aliphatic heterocycles. The van der Waals surface area contributed by atoms with Gasteiger partial charge in [-0.2, -0.15) is 0 Å². The van der Waals surface area contributed by atoms with Gasteiger partial charge >= 0.3 is 5.97 Å². The topological polar surface area (TPSA) is 107 Å². The van der Waals surface area contributed by atoms with Crippen molar-refractivity contribution in [3.8, 4) is 0 Å². The summed E-state index contributed by atoms with van der Waals surface area (Å²) in [6.45, 7) is 9.71. The first-order valence-corrected chi connectivity index (χ1v) is 10.5. The molecule has 0 saturated heterocycles. The van der Waals surface area contributed by atoms with E-state index >= 15 is 0 Å². The fourth-order valence-corrected chi connectivity index (χ4v) is 8.00. The zero-order valence-corrected chi connectivity index (χ0v) is 17.1. The molecule has 4 N–H and O–H groups in total. The smallest absolute Gasteiger partial charge is 0.303 e. The van der Waals surface area contributed by atoms with Crippen LogP contribution < -0.4 is 0 Å². The van der Waals surface area contributed by atoms with Crippen LogP contribution in [0.1, 0.15) is 52.9 Å². The summed E-state index contributed by atoms with van der Waals surface area (Å²) in [6.07, 6.45) is 0.121. The van der Waals surface area contributed by atoms with Gasteiger partial charge in [0, 0.05) is 19.4 Å². The predicted octanol–water partition coefficient (Wildman–Crippen LogP) is 1.40. The van der Waals surface area contributed by atoms with E-state index in [1.807, 2.05) is 0 Å². The third-order valence-electron chi connectivity index (χ3n) is 9.14. The van der Waals surface area contributed by atoms with E-state index in [1.165, 1.54) is 6.92 Å². The van der Waals surface area contributed by atoms with Crippen LogP contribution in [0.25, 0.3) is 0 Å². The van der Waals surface area contributed by atoms with Crippen LogP contribution in [-0.2, 0) is 9.53 Å². The number of hydrogen-bond donors (Lipinski definition) is 4. The summed E-state index contributed by atoms with van der Waals surface area (Å²) in [6, 6.07) is 0. The van der Waals surface area contributed by atoms with Crippen LogP contribution in [0, 0.1) is 34.0 Å². The molecule has 4 fully saturated rings. The summed E-state index contributed by atoms with van der Waals surface area (Å²) in [7, 11) is 0. The zero-order valence-electron chi connectivity index (χ0n) is 17.1. The minimum atomic E-state index is -1.05. The Hall–Kier alpha value is -0.950. The average Bonchev–Trinajstić information content (AvgIpc) is 2.75. The number of rotatable bonds is 2. The molecule has 4 aliphatic carbocycles. The van der Waals surface area contributed by atoms with E-state index in [2.05, 4.69) is 20.4 Å². The van der Waals surface area contributed by atoms with Gasteiger partial charge in [-0.3, -0.25) is 4.79 Å². The molecule has 0 aromatic heterocycles. The Bertz CT molecular complexity index is 693. The highest BCUT2D eigenvalue weighted by atomic mass is 16.5. The van der Waals surface area contributed by atoms with Gasteiger partial charge in [0.25, 0.3) is 0 Å². The number of fused-ring (bicyclic) bond motifs is 3. The fraction of sp³-hybridized carbons (Fsp3) is 0.864. The van der Waals surface area contributed by atoms with Crippen molar-refractivity contribution in [3.63, 3.8) is 0 Å². The van der Waals surface area contributed by atoms with E-state index in [9.17, 15) is 25.2 Å². The monoisotopic (exact) mass is 394 g/mol. The molecular weight excluding hydrogens is 360 g/mol. The van der Waals surface area contributed by atoms with Crippen LogP contribution in [0.4, 0.5) is 0 Å². The van der Waals surface area contributed by atoms with Crippen molar-refractivity contribution in [2.45, 2.75) is 77.3 Å². The van der Waals surface area contributed by atoms with Gasteiger partial charge in [-0.1, -0.05) is 26.8 Å². The van der Waals surface area contributed by atoms with Crippen LogP contribution in [0.5, 0.6) is 0 Å². The van der Waals surface area contributed by atoms with E-state index in [4.69, 9.17) is 4.74 Å². The second-order valence-electron chi connectivity index (χ2n) is 10.4. The first-order chi connectivity index (χ1) is 13.0. The van der Waals surface area contributed by atoms with Gasteiger partial charge in [-0.15, -0.1) is 0 Å². The predicted molar refractivity (Wildman–Crippen MR) is 102 cm³/mol. The number of ether oxygens (including phenoxy) is 1. The van der Waals surface area contributed by atoms with Crippen LogP contribution in [0.15, 0.2) is 12.2 Å². The summed E-state index contributed by atoms with van der Waals surface area (Å²) in [5.74, 6) is -1.24. The Kier molecular flexibility index (Phi) is 4.55. The molecule has 1 spiro atoms. The molecule has 6 heteroatoms. The lowest BCUT2D eigenvalue weighted by Gasteiger charge is -2.67. The Labute approximate surface area is 166 Å². The summed E-state index contributed by atoms with van der Waals surface area (Å²) in [5, 5.41) is 43.9. The summed E-state index contributed by atoms with van der Waals surface area (Å²) >= 11 is 0. The van der Waals surface area contributed by atoms with E-state index in [-0.39, 0.29) is 29.3 Å². The standard InChI is InChI=1S/C22H34O6/c1-11-17-13(25)8-15-21(4)7-5-6-20(3,10-23)14(21)9-16(26)22(15,18(17)27)19(11)28-12(2)24/h13-19,23,25-27H,1,5-10H2,2-4H3/t13-,14+,15-,16+,17?,18+,19+,20+,21+,22-/m0/s1. The minimum absolute atomic E-state index is 0.0491. The van der Waals surface area contributed by atoms with Crippen molar-refractivity contribution in [2.24, 2.45) is 34.0 Å². The van der Waals surface area contributed by atoms with Crippen molar-refractivity contribution in [3.05, 3.63) is 12.2 Å². The molecule has 0 heterocycles. The van der Waals surface area contributed by atoms with Gasteiger partial charge in [0.05, 0.1) is 23.7 Å². The van der Waals surface area contributed by atoms with Crippen LogP contribution in [0.3, 0.4) is 0 Å². The number of carbonyl (C=O) groups is 1. The average molecular weight is 395 g/mol. The normalized spacial score (nSPS) is 55.4. The number of aliphatic hydroxyl groups excluding tert-OH is 4. The minimum Gasteiger partial charge on any atom is -0.457 e. The maximum Gasteiger partial charge on any atom is 0.303 e. The van der Waals surface area contributed by atoms with Crippen LogP contribution >= 0.6 is 0 Å². The van der Waals surface area contributed by atoms with Crippen molar-refractivity contribution in [1.82, 2.24) is 0 Å². The molecule has 158 valence electrons. The molecule has 6 nitrogen and oxygen atoms in total. The third kappa shape index (κ3) is 2.26. The highest BCUT2D eigenvalue weighted by Crippen LogP contribution is 2.72. The molecule has 28 heavy (non-hydrogen) atoms. The van der Waals surface area contributed by atoms with Gasteiger partial charge in [-0.05, 0) is 53.9 Å². The first kappa shape index (κ1) is 20.3. The second kappa shape index (κ2) is 6.27. The number of aliphatic hydroxyl groups is 4. The summed E-state index contributed by atoms with van der Waals surface area (Å²) < 4.78 is 5.67. The molecule has 4 rings (SSSR count). The Morgan fingerprint density at radius 3 is 2.46 bits per heavy atom. The molecule has 10 atom stereocenters. The molecular formula is C22H34O6. The quantitative estimate of drug-likeness (QED) is 0.417.